The van der Waals surface area contributed by atoms with Crippen LogP contribution >= 0.6 is 0 Å². The number of hydrogen-bond donors (Lipinski definition) is 1. The fourth-order valence-electron chi connectivity index (χ4n) is 3.48. The number of benzene rings is 2. The molecule has 1 aliphatic heterocycles. The Hall–Kier alpha value is -4.01. The number of aromatic nitrogens is 2. The molecule has 1 aromatic heterocycles. The molecular weight excluding hydrogens is 436 g/mol. The first-order chi connectivity index (χ1) is 16.2. The van der Waals surface area contributed by atoms with Crippen LogP contribution in [0.3, 0.4) is 0 Å². The van der Waals surface area contributed by atoms with Crippen LogP contribution in [0.1, 0.15) is 36.8 Å². The predicted molar refractivity (Wildman–Crippen MR) is 127 cm³/mol. The molecule has 2 amide bonds. The number of nitrogens with zero attached hydrogens (tertiary/aromatic N) is 3. The first kappa shape index (κ1) is 23.2. The standard InChI is InChI=1S/C25H28N4O5/c1-25(2,3)21-13-22(29(27-21)17-7-9-18(32-5)10-8-17)26-23(30)14-28(4)24(31)16-6-11-19-20(12-16)34-15-33-19/h6-13H,14-15H2,1-5H3,(H,26,30). The summed E-state index contributed by atoms with van der Waals surface area (Å²) in [6.45, 7) is 6.15. The quantitative estimate of drug-likeness (QED) is 0.599. The van der Waals surface area contributed by atoms with Crippen LogP contribution in [-0.2, 0) is 10.2 Å². The van der Waals surface area contributed by atoms with E-state index in [-0.39, 0.29) is 30.6 Å². The minimum atomic E-state index is -0.341. The van der Waals surface area contributed by atoms with E-state index in [1.165, 1.54) is 4.90 Å². The highest BCUT2D eigenvalue weighted by Crippen LogP contribution is 2.33. The Balaban J connectivity index is 1.51. The Morgan fingerprint density at radius 3 is 2.47 bits per heavy atom. The van der Waals surface area contributed by atoms with Crippen molar-refractivity contribution in [3.63, 3.8) is 0 Å². The smallest absolute Gasteiger partial charge is 0.254 e. The SMILES string of the molecule is COc1ccc(-n2nc(C(C)(C)C)cc2NC(=O)CN(C)C(=O)c2ccc3c(c2)OCO3)cc1. The van der Waals surface area contributed by atoms with Crippen molar-refractivity contribution in [1.29, 1.82) is 0 Å². The van der Waals surface area contributed by atoms with Gasteiger partial charge in [0.25, 0.3) is 5.91 Å². The third kappa shape index (κ3) is 4.83. The number of amides is 2. The Bertz CT molecular complexity index is 1210. The largest absolute Gasteiger partial charge is 0.497 e. The third-order valence-electron chi connectivity index (χ3n) is 5.41. The van der Waals surface area contributed by atoms with Crippen LogP contribution in [0.2, 0.25) is 0 Å². The van der Waals surface area contributed by atoms with Gasteiger partial charge < -0.3 is 24.4 Å². The maximum Gasteiger partial charge on any atom is 0.254 e. The minimum absolute atomic E-state index is 0.129. The van der Waals surface area contributed by atoms with E-state index in [9.17, 15) is 9.59 Å². The van der Waals surface area contributed by atoms with E-state index in [2.05, 4.69) is 26.1 Å². The van der Waals surface area contributed by atoms with Gasteiger partial charge in [-0.2, -0.15) is 5.10 Å². The molecule has 2 heterocycles. The lowest BCUT2D eigenvalue weighted by atomic mass is 9.92. The second kappa shape index (κ2) is 9.09. The average Bonchev–Trinajstić information content (AvgIpc) is 3.45. The van der Waals surface area contributed by atoms with Crippen molar-refractivity contribution in [1.82, 2.24) is 14.7 Å². The number of nitrogens with one attached hydrogen (secondary N) is 1. The number of hydrogen-bond acceptors (Lipinski definition) is 6. The highest BCUT2D eigenvalue weighted by molar-refractivity contribution is 5.99. The zero-order valence-electron chi connectivity index (χ0n) is 19.9. The average molecular weight is 465 g/mol. The summed E-state index contributed by atoms with van der Waals surface area (Å²) in [5.74, 6) is 1.71. The van der Waals surface area contributed by atoms with E-state index in [1.807, 2.05) is 30.3 Å². The Kier molecular flexibility index (Phi) is 6.19. The topological polar surface area (TPSA) is 94.9 Å². The highest BCUT2D eigenvalue weighted by Gasteiger charge is 2.23. The van der Waals surface area contributed by atoms with Gasteiger partial charge >= 0.3 is 0 Å². The molecule has 9 heteroatoms. The van der Waals surface area contributed by atoms with E-state index in [4.69, 9.17) is 19.3 Å². The van der Waals surface area contributed by atoms with Crippen molar-refractivity contribution in [3.8, 4) is 22.9 Å². The van der Waals surface area contributed by atoms with Crippen LogP contribution in [0, 0.1) is 0 Å². The Morgan fingerprint density at radius 2 is 1.79 bits per heavy atom. The van der Waals surface area contributed by atoms with Gasteiger partial charge in [0, 0.05) is 24.1 Å². The predicted octanol–water partition coefficient (Wildman–Crippen LogP) is 3.62. The molecule has 0 unspecified atom stereocenters. The van der Waals surface area contributed by atoms with Crippen LogP contribution in [0.15, 0.2) is 48.5 Å². The molecule has 0 fully saturated rings. The number of carbonyl (C=O) groups excluding carboxylic acids is 2. The summed E-state index contributed by atoms with van der Waals surface area (Å²) in [7, 11) is 3.18. The molecule has 34 heavy (non-hydrogen) atoms. The van der Waals surface area contributed by atoms with E-state index >= 15 is 0 Å². The van der Waals surface area contributed by atoms with Gasteiger partial charge in [-0.1, -0.05) is 20.8 Å². The molecular formula is C25H28N4O5. The van der Waals surface area contributed by atoms with Crippen molar-refractivity contribution in [3.05, 3.63) is 59.8 Å². The molecule has 1 aliphatic rings. The number of ether oxygens (including phenoxy) is 3. The maximum absolute atomic E-state index is 12.9. The molecule has 2 aromatic carbocycles. The van der Waals surface area contributed by atoms with Gasteiger partial charge in [-0.25, -0.2) is 4.68 Å². The monoisotopic (exact) mass is 464 g/mol. The van der Waals surface area contributed by atoms with Crippen molar-refractivity contribution in [2.75, 3.05) is 32.8 Å². The van der Waals surface area contributed by atoms with Gasteiger partial charge in [-0.3, -0.25) is 9.59 Å². The van der Waals surface area contributed by atoms with Gasteiger partial charge in [0.1, 0.15) is 11.6 Å². The summed E-state index contributed by atoms with van der Waals surface area (Å²) in [5, 5.41) is 7.61. The first-order valence-electron chi connectivity index (χ1n) is 10.9. The van der Waals surface area contributed by atoms with Crippen molar-refractivity contribution in [2.45, 2.75) is 26.2 Å². The highest BCUT2D eigenvalue weighted by atomic mass is 16.7. The van der Waals surface area contributed by atoms with Crippen LogP contribution < -0.4 is 19.5 Å². The number of rotatable bonds is 6. The van der Waals surface area contributed by atoms with Gasteiger partial charge in [0.2, 0.25) is 12.7 Å². The van der Waals surface area contributed by atoms with E-state index in [0.29, 0.717) is 22.9 Å². The molecule has 0 bridgehead atoms. The molecule has 9 nitrogen and oxygen atoms in total. The summed E-state index contributed by atoms with van der Waals surface area (Å²) < 4.78 is 17.5. The Labute approximate surface area is 198 Å². The second-order valence-corrected chi connectivity index (χ2v) is 9.05. The van der Waals surface area contributed by atoms with E-state index < -0.39 is 0 Å². The fraction of sp³-hybridized carbons (Fsp3) is 0.320. The van der Waals surface area contributed by atoms with Gasteiger partial charge in [-0.15, -0.1) is 0 Å². The molecule has 0 saturated heterocycles. The summed E-state index contributed by atoms with van der Waals surface area (Å²) >= 11 is 0. The Morgan fingerprint density at radius 1 is 1.09 bits per heavy atom. The normalized spacial score (nSPS) is 12.4. The molecule has 1 N–H and O–H groups in total. The molecule has 0 spiro atoms. The van der Waals surface area contributed by atoms with Crippen molar-refractivity contribution >= 4 is 17.6 Å². The lowest BCUT2D eigenvalue weighted by Crippen LogP contribution is -2.35. The van der Waals surface area contributed by atoms with E-state index in [1.54, 1.807) is 37.0 Å². The summed E-state index contributed by atoms with van der Waals surface area (Å²) in [4.78, 5) is 27.1. The molecule has 0 saturated carbocycles. The lowest BCUT2D eigenvalue weighted by molar-refractivity contribution is -0.116. The van der Waals surface area contributed by atoms with Crippen molar-refractivity contribution in [2.24, 2.45) is 0 Å². The number of fused-ring (bicyclic) bond motifs is 1. The summed E-state index contributed by atoms with van der Waals surface area (Å²) in [6, 6.07) is 14.2. The van der Waals surface area contributed by atoms with Gasteiger partial charge in [-0.05, 0) is 42.5 Å². The zero-order valence-corrected chi connectivity index (χ0v) is 19.9. The fourth-order valence-corrected chi connectivity index (χ4v) is 3.48. The molecule has 0 radical (unpaired) electrons. The van der Waals surface area contributed by atoms with E-state index in [0.717, 1.165) is 17.1 Å². The number of methoxy groups -OCH3 is 1. The number of carbonyl (C=O) groups is 2. The molecule has 0 aliphatic carbocycles. The number of likely N-dealkylation sites (N-methyl/N-ethyl adjacent to an activating group) is 1. The summed E-state index contributed by atoms with van der Waals surface area (Å²) in [6.07, 6.45) is 0. The zero-order chi connectivity index (χ0) is 24.5. The van der Waals surface area contributed by atoms with Crippen LogP contribution in [0.25, 0.3) is 5.69 Å². The van der Waals surface area contributed by atoms with Crippen LogP contribution in [0.4, 0.5) is 5.82 Å². The molecule has 4 rings (SSSR count). The lowest BCUT2D eigenvalue weighted by Gasteiger charge is -2.17. The van der Waals surface area contributed by atoms with Crippen LogP contribution in [-0.4, -0.2) is 54.0 Å². The summed E-state index contributed by atoms with van der Waals surface area (Å²) in [5.41, 5.74) is 1.79. The third-order valence-corrected chi connectivity index (χ3v) is 5.41. The number of anilines is 1. The first-order valence-corrected chi connectivity index (χ1v) is 10.9. The molecule has 178 valence electrons. The van der Waals surface area contributed by atoms with Crippen LogP contribution in [0.5, 0.6) is 17.2 Å². The molecule has 3 aromatic rings. The second-order valence-electron chi connectivity index (χ2n) is 9.05. The van der Waals surface area contributed by atoms with Gasteiger partial charge in [0.15, 0.2) is 11.5 Å². The maximum atomic E-state index is 12.9. The molecule has 0 atom stereocenters. The minimum Gasteiger partial charge on any atom is -0.497 e. The van der Waals surface area contributed by atoms with Crippen molar-refractivity contribution < 1.29 is 23.8 Å². The van der Waals surface area contributed by atoms with Gasteiger partial charge in [0.05, 0.1) is 25.0 Å².